The molecule has 0 unspecified atom stereocenters. The highest BCUT2D eigenvalue weighted by atomic mass is 32.2. The van der Waals surface area contributed by atoms with Gasteiger partial charge >= 0.3 is 5.76 Å². The molecule has 0 N–H and O–H groups in total. The average molecular weight is 472 g/mol. The fourth-order valence-electron chi connectivity index (χ4n) is 4.16. The number of aryl methyl sites for hydroxylation is 1. The molecule has 2 aliphatic heterocycles. The summed E-state index contributed by atoms with van der Waals surface area (Å²) in [6.07, 6.45) is 2.05. The van der Waals surface area contributed by atoms with E-state index in [0.717, 1.165) is 12.8 Å². The zero-order chi connectivity index (χ0) is 22.4. The van der Waals surface area contributed by atoms with Crippen molar-refractivity contribution in [1.29, 1.82) is 0 Å². The molecule has 1 aromatic heterocycles. The number of benzene rings is 1. The smallest absolute Gasteiger partial charge is 0.408 e. The Labute approximate surface area is 180 Å². The second-order valence-electron chi connectivity index (χ2n) is 8.07. The molecule has 2 aliphatic rings. The molecule has 4 rings (SSSR count). The molecular formula is C19H25N3O7S2. The Morgan fingerprint density at radius 1 is 1.26 bits per heavy atom. The van der Waals surface area contributed by atoms with E-state index < -0.39 is 25.6 Å². The summed E-state index contributed by atoms with van der Waals surface area (Å²) in [7, 11) is -5.18. The first-order chi connectivity index (χ1) is 14.6. The monoisotopic (exact) mass is 471 g/mol. The maximum absolute atomic E-state index is 12.7. The number of oxazole rings is 1. The van der Waals surface area contributed by atoms with Crippen molar-refractivity contribution in [3.05, 3.63) is 28.7 Å². The van der Waals surface area contributed by atoms with Gasteiger partial charge in [0.05, 0.1) is 21.9 Å². The SMILES string of the molecule is CN(C(=O)CCn1c(=O)oc2cc(S(=O)(=O)N3CCCC3)ccc21)[C@H]1CCS(=O)(=O)C1. The van der Waals surface area contributed by atoms with Gasteiger partial charge in [0.2, 0.25) is 15.9 Å². The number of hydrogen-bond donors (Lipinski definition) is 0. The quantitative estimate of drug-likeness (QED) is 0.597. The molecule has 2 aromatic rings. The number of carbonyl (C=O) groups is 1. The fourth-order valence-corrected chi connectivity index (χ4v) is 7.47. The van der Waals surface area contributed by atoms with Crippen LogP contribution in [-0.2, 0) is 31.2 Å². The molecule has 2 fully saturated rings. The summed E-state index contributed by atoms with van der Waals surface area (Å²) in [4.78, 5) is 26.3. The number of rotatable bonds is 6. The summed E-state index contributed by atoms with van der Waals surface area (Å²) >= 11 is 0. The van der Waals surface area contributed by atoms with Gasteiger partial charge in [0.1, 0.15) is 0 Å². The number of sulfonamides is 1. The average Bonchev–Trinajstić information content (AvgIpc) is 3.44. The molecule has 31 heavy (non-hydrogen) atoms. The van der Waals surface area contributed by atoms with Crippen molar-refractivity contribution < 1.29 is 26.0 Å². The molecule has 1 amide bonds. The lowest BCUT2D eigenvalue weighted by molar-refractivity contribution is -0.131. The Kier molecular flexibility index (Phi) is 5.73. The van der Waals surface area contributed by atoms with E-state index in [-0.39, 0.29) is 46.9 Å². The van der Waals surface area contributed by atoms with Gasteiger partial charge in [0.15, 0.2) is 15.4 Å². The minimum atomic E-state index is -3.64. The first-order valence-corrected chi connectivity index (χ1v) is 13.4. The van der Waals surface area contributed by atoms with E-state index in [1.165, 1.54) is 32.0 Å². The van der Waals surface area contributed by atoms with Crippen molar-refractivity contribution in [2.75, 3.05) is 31.6 Å². The molecule has 12 heteroatoms. The van der Waals surface area contributed by atoms with Crippen LogP contribution in [0.5, 0.6) is 0 Å². The second kappa shape index (κ2) is 8.06. The van der Waals surface area contributed by atoms with Gasteiger partial charge in [-0.1, -0.05) is 0 Å². The zero-order valence-corrected chi connectivity index (χ0v) is 18.8. The van der Waals surface area contributed by atoms with Crippen molar-refractivity contribution in [2.45, 2.75) is 43.2 Å². The Morgan fingerprint density at radius 2 is 1.97 bits per heavy atom. The highest BCUT2D eigenvalue weighted by Crippen LogP contribution is 2.24. The summed E-state index contributed by atoms with van der Waals surface area (Å²) in [5.41, 5.74) is 0.553. The van der Waals surface area contributed by atoms with E-state index in [4.69, 9.17) is 4.42 Å². The Hall–Kier alpha value is -2.18. The fraction of sp³-hybridized carbons (Fsp3) is 0.579. The van der Waals surface area contributed by atoms with E-state index in [1.54, 1.807) is 7.05 Å². The molecule has 1 atom stereocenters. The van der Waals surface area contributed by atoms with Gasteiger partial charge in [-0.05, 0) is 31.4 Å². The molecule has 170 valence electrons. The van der Waals surface area contributed by atoms with Crippen LogP contribution in [-0.4, -0.2) is 74.2 Å². The largest absolute Gasteiger partial charge is 0.419 e. The van der Waals surface area contributed by atoms with Gasteiger partial charge in [0.25, 0.3) is 0 Å². The van der Waals surface area contributed by atoms with E-state index in [1.807, 2.05) is 0 Å². The van der Waals surface area contributed by atoms with Gasteiger partial charge in [-0.3, -0.25) is 9.36 Å². The van der Waals surface area contributed by atoms with Crippen molar-refractivity contribution in [2.24, 2.45) is 0 Å². The van der Waals surface area contributed by atoms with Crippen LogP contribution in [0.3, 0.4) is 0 Å². The Bertz CT molecular complexity index is 1270. The van der Waals surface area contributed by atoms with Crippen LogP contribution in [0, 0.1) is 0 Å². The number of aromatic nitrogens is 1. The van der Waals surface area contributed by atoms with Crippen LogP contribution in [0.25, 0.3) is 11.1 Å². The van der Waals surface area contributed by atoms with E-state index in [9.17, 15) is 26.4 Å². The van der Waals surface area contributed by atoms with Crippen molar-refractivity contribution >= 4 is 36.9 Å². The molecular weight excluding hydrogens is 446 g/mol. The normalized spacial score (nSPS) is 21.6. The summed E-state index contributed by atoms with van der Waals surface area (Å²) in [5, 5.41) is 0. The first kappa shape index (κ1) is 22.0. The summed E-state index contributed by atoms with van der Waals surface area (Å²) in [6, 6.07) is 3.95. The predicted octanol–water partition coefficient (Wildman–Crippen LogP) is 0.415. The van der Waals surface area contributed by atoms with Crippen LogP contribution >= 0.6 is 0 Å². The highest BCUT2D eigenvalue weighted by Gasteiger charge is 2.33. The summed E-state index contributed by atoms with van der Waals surface area (Å²) < 4.78 is 56.7. The number of nitrogens with zero attached hydrogens (tertiary/aromatic N) is 3. The lowest BCUT2D eigenvalue weighted by Crippen LogP contribution is -2.38. The number of carbonyl (C=O) groups excluding carboxylic acids is 1. The third kappa shape index (κ3) is 4.28. The number of fused-ring (bicyclic) bond motifs is 1. The molecule has 1 aromatic carbocycles. The van der Waals surface area contributed by atoms with Gasteiger partial charge in [-0.15, -0.1) is 0 Å². The molecule has 0 bridgehead atoms. The molecule has 10 nitrogen and oxygen atoms in total. The Morgan fingerprint density at radius 3 is 2.61 bits per heavy atom. The van der Waals surface area contributed by atoms with Crippen LogP contribution in [0.2, 0.25) is 0 Å². The number of amides is 1. The molecule has 2 saturated heterocycles. The van der Waals surface area contributed by atoms with Crippen molar-refractivity contribution in [3.8, 4) is 0 Å². The van der Waals surface area contributed by atoms with Crippen LogP contribution in [0.15, 0.2) is 32.3 Å². The molecule has 0 radical (unpaired) electrons. The van der Waals surface area contributed by atoms with Crippen molar-refractivity contribution in [1.82, 2.24) is 13.8 Å². The minimum Gasteiger partial charge on any atom is -0.408 e. The van der Waals surface area contributed by atoms with Crippen LogP contribution in [0.1, 0.15) is 25.7 Å². The number of sulfone groups is 1. The first-order valence-electron chi connectivity index (χ1n) is 10.2. The highest BCUT2D eigenvalue weighted by molar-refractivity contribution is 7.91. The van der Waals surface area contributed by atoms with Gasteiger partial charge < -0.3 is 9.32 Å². The lowest BCUT2D eigenvalue weighted by atomic mass is 10.2. The molecule has 0 aliphatic carbocycles. The lowest BCUT2D eigenvalue weighted by Gasteiger charge is -2.23. The van der Waals surface area contributed by atoms with Crippen LogP contribution < -0.4 is 5.76 Å². The summed E-state index contributed by atoms with van der Waals surface area (Å²) in [6.45, 7) is 0.999. The zero-order valence-electron chi connectivity index (χ0n) is 17.2. The minimum absolute atomic E-state index is 0.00455. The topological polar surface area (TPSA) is 127 Å². The van der Waals surface area contributed by atoms with E-state index in [2.05, 4.69) is 0 Å². The predicted molar refractivity (Wildman–Crippen MR) is 113 cm³/mol. The van der Waals surface area contributed by atoms with Gasteiger partial charge in [0, 0.05) is 45.2 Å². The van der Waals surface area contributed by atoms with E-state index in [0.29, 0.717) is 25.0 Å². The molecule has 0 saturated carbocycles. The number of hydrogen-bond acceptors (Lipinski definition) is 7. The third-order valence-corrected chi connectivity index (χ3v) is 9.69. The molecule has 3 heterocycles. The van der Waals surface area contributed by atoms with Crippen molar-refractivity contribution in [3.63, 3.8) is 0 Å². The standard InChI is InChI=1S/C19H25N3O7S2/c1-20(14-7-11-30(25,26)13-14)18(23)6-10-22-16-5-4-15(12-17(16)29-19(22)24)31(27,28)21-8-2-3-9-21/h4-5,12,14H,2-3,6-11,13H2,1H3/t14-/m0/s1. The Balaban J connectivity index is 1.50. The van der Waals surface area contributed by atoms with Gasteiger partial charge in [-0.25, -0.2) is 21.6 Å². The maximum atomic E-state index is 12.7. The third-order valence-electron chi connectivity index (χ3n) is 6.04. The van der Waals surface area contributed by atoms with Crippen LogP contribution in [0.4, 0.5) is 0 Å². The summed E-state index contributed by atoms with van der Waals surface area (Å²) in [5.74, 6) is -0.914. The second-order valence-corrected chi connectivity index (χ2v) is 12.2. The van der Waals surface area contributed by atoms with Gasteiger partial charge in [-0.2, -0.15) is 4.31 Å². The van der Waals surface area contributed by atoms with E-state index >= 15 is 0 Å². The molecule has 0 spiro atoms. The maximum Gasteiger partial charge on any atom is 0.419 e.